The number of rotatable bonds is 3. The van der Waals surface area contributed by atoms with Crippen LogP contribution >= 0.6 is 15.9 Å². The van der Waals surface area contributed by atoms with Crippen LogP contribution in [0.15, 0.2) is 0 Å². The number of halogens is 1. The van der Waals surface area contributed by atoms with Gasteiger partial charge in [0.1, 0.15) is 0 Å². The Morgan fingerprint density at radius 2 is 1.77 bits per heavy atom. The molecule has 2 amide bonds. The molecule has 1 aliphatic heterocycles. The molecule has 0 radical (unpaired) electrons. The smallest absolute Gasteiger partial charge is 0.242 e. The summed E-state index contributed by atoms with van der Waals surface area (Å²) in [5.41, 5.74) is 0. The second kappa shape index (κ2) is 4.60. The Labute approximate surface area is 86.0 Å². The second-order valence-electron chi connectivity index (χ2n) is 2.91. The molecule has 0 aliphatic carbocycles. The van der Waals surface area contributed by atoms with Crippen LogP contribution in [0, 0.1) is 0 Å². The van der Waals surface area contributed by atoms with E-state index in [1.54, 1.807) is 9.80 Å². The number of nitrogens with zero attached hydrogens (tertiary/aromatic N) is 2. The average Bonchev–Trinajstić information content (AvgIpc) is 2.11. The SMILES string of the molecule is CCN1CC(=O)N(CCBr)CC1=O. The maximum atomic E-state index is 11.4. The van der Waals surface area contributed by atoms with Crippen molar-refractivity contribution >= 4 is 27.7 Å². The number of likely N-dealkylation sites (N-methyl/N-ethyl adjacent to an activating group) is 1. The third-order valence-corrected chi connectivity index (χ3v) is 2.45. The molecule has 0 saturated carbocycles. The van der Waals surface area contributed by atoms with E-state index in [4.69, 9.17) is 0 Å². The number of amides is 2. The van der Waals surface area contributed by atoms with E-state index < -0.39 is 0 Å². The monoisotopic (exact) mass is 248 g/mol. The average molecular weight is 249 g/mol. The van der Waals surface area contributed by atoms with Gasteiger partial charge in [0.25, 0.3) is 0 Å². The standard InChI is InChI=1S/C8H13BrN2O2/c1-2-10-5-8(13)11(4-3-9)6-7(10)12/h2-6H2,1H3. The highest BCUT2D eigenvalue weighted by Gasteiger charge is 2.27. The Morgan fingerprint density at radius 3 is 2.31 bits per heavy atom. The van der Waals surface area contributed by atoms with Crippen LogP contribution in [0.25, 0.3) is 0 Å². The molecule has 0 aromatic heterocycles. The van der Waals surface area contributed by atoms with Gasteiger partial charge in [0.05, 0.1) is 13.1 Å². The van der Waals surface area contributed by atoms with Crippen LogP contribution in [-0.2, 0) is 9.59 Å². The van der Waals surface area contributed by atoms with Crippen molar-refractivity contribution in [2.75, 3.05) is 31.5 Å². The lowest BCUT2D eigenvalue weighted by molar-refractivity contribution is -0.149. The lowest BCUT2D eigenvalue weighted by Crippen LogP contribution is -2.53. The van der Waals surface area contributed by atoms with E-state index in [0.717, 1.165) is 5.33 Å². The van der Waals surface area contributed by atoms with Gasteiger partial charge in [-0.15, -0.1) is 0 Å². The summed E-state index contributed by atoms with van der Waals surface area (Å²) >= 11 is 3.25. The lowest BCUT2D eigenvalue weighted by Gasteiger charge is -2.32. The fourth-order valence-corrected chi connectivity index (χ4v) is 1.72. The van der Waals surface area contributed by atoms with Crippen LogP contribution in [0.3, 0.4) is 0 Å². The predicted molar refractivity (Wildman–Crippen MR) is 52.6 cm³/mol. The van der Waals surface area contributed by atoms with E-state index in [-0.39, 0.29) is 24.9 Å². The van der Waals surface area contributed by atoms with Crippen molar-refractivity contribution in [3.8, 4) is 0 Å². The molecule has 0 bridgehead atoms. The van der Waals surface area contributed by atoms with E-state index in [0.29, 0.717) is 13.1 Å². The maximum Gasteiger partial charge on any atom is 0.242 e. The first kappa shape index (κ1) is 10.5. The van der Waals surface area contributed by atoms with Gasteiger partial charge in [-0.05, 0) is 6.92 Å². The molecule has 0 N–H and O–H groups in total. The number of carbonyl (C=O) groups is 2. The Hall–Kier alpha value is -0.580. The molecular formula is C8H13BrN2O2. The molecule has 0 unspecified atom stereocenters. The highest BCUT2D eigenvalue weighted by Crippen LogP contribution is 2.04. The molecule has 1 saturated heterocycles. The van der Waals surface area contributed by atoms with E-state index in [9.17, 15) is 9.59 Å². The van der Waals surface area contributed by atoms with Crippen molar-refractivity contribution in [3.63, 3.8) is 0 Å². The first-order valence-electron chi connectivity index (χ1n) is 4.30. The molecule has 0 aromatic carbocycles. The fraction of sp³-hybridized carbons (Fsp3) is 0.750. The van der Waals surface area contributed by atoms with Crippen molar-refractivity contribution in [3.05, 3.63) is 0 Å². The molecule has 1 heterocycles. The summed E-state index contributed by atoms with van der Waals surface area (Å²) in [4.78, 5) is 25.9. The maximum absolute atomic E-state index is 11.4. The first-order valence-corrected chi connectivity index (χ1v) is 5.42. The summed E-state index contributed by atoms with van der Waals surface area (Å²) in [6.45, 7) is 3.58. The quantitative estimate of drug-likeness (QED) is 0.664. The number of piperazine rings is 1. The molecule has 13 heavy (non-hydrogen) atoms. The minimum Gasteiger partial charge on any atom is -0.332 e. The van der Waals surface area contributed by atoms with Crippen molar-refractivity contribution < 1.29 is 9.59 Å². The van der Waals surface area contributed by atoms with Gasteiger partial charge in [0, 0.05) is 18.4 Å². The molecule has 0 aromatic rings. The third kappa shape index (κ3) is 2.43. The fourth-order valence-electron chi connectivity index (χ4n) is 1.30. The second-order valence-corrected chi connectivity index (χ2v) is 3.71. The zero-order valence-electron chi connectivity index (χ0n) is 7.62. The van der Waals surface area contributed by atoms with Crippen LogP contribution < -0.4 is 0 Å². The van der Waals surface area contributed by atoms with Gasteiger partial charge in [-0.3, -0.25) is 9.59 Å². The van der Waals surface area contributed by atoms with Crippen LogP contribution in [-0.4, -0.2) is 53.1 Å². The number of hydrogen-bond acceptors (Lipinski definition) is 2. The van der Waals surface area contributed by atoms with Crippen LogP contribution in [0.4, 0.5) is 0 Å². The van der Waals surface area contributed by atoms with Gasteiger partial charge in [-0.1, -0.05) is 15.9 Å². The summed E-state index contributed by atoms with van der Waals surface area (Å²) in [6, 6.07) is 0. The minimum absolute atomic E-state index is 0.0425. The molecule has 1 fully saturated rings. The van der Waals surface area contributed by atoms with E-state index in [2.05, 4.69) is 15.9 Å². The van der Waals surface area contributed by atoms with Gasteiger partial charge >= 0.3 is 0 Å². The topological polar surface area (TPSA) is 40.6 Å². The largest absolute Gasteiger partial charge is 0.332 e. The molecule has 0 spiro atoms. The van der Waals surface area contributed by atoms with Gasteiger partial charge in [0.15, 0.2) is 0 Å². The van der Waals surface area contributed by atoms with Crippen LogP contribution in [0.5, 0.6) is 0 Å². The summed E-state index contributed by atoms with van der Waals surface area (Å²) in [5.74, 6) is 0.0870. The van der Waals surface area contributed by atoms with E-state index >= 15 is 0 Å². The summed E-state index contributed by atoms with van der Waals surface area (Å²) < 4.78 is 0. The third-order valence-electron chi connectivity index (χ3n) is 2.09. The zero-order valence-corrected chi connectivity index (χ0v) is 9.21. The van der Waals surface area contributed by atoms with Gasteiger partial charge in [-0.25, -0.2) is 0 Å². The first-order chi connectivity index (χ1) is 6.19. The van der Waals surface area contributed by atoms with Crippen molar-refractivity contribution in [1.29, 1.82) is 0 Å². The van der Waals surface area contributed by atoms with Crippen molar-refractivity contribution in [2.24, 2.45) is 0 Å². The van der Waals surface area contributed by atoms with E-state index in [1.165, 1.54) is 0 Å². The zero-order chi connectivity index (χ0) is 9.84. The van der Waals surface area contributed by atoms with Gasteiger partial charge in [0.2, 0.25) is 11.8 Å². The number of alkyl halides is 1. The normalized spacial score (nSPS) is 18.3. The summed E-state index contributed by atoms with van der Waals surface area (Å²) in [5, 5.41) is 0.720. The summed E-state index contributed by atoms with van der Waals surface area (Å²) in [7, 11) is 0. The lowest BCUT2D eigenvalue weighted by atomic mass is 10.3. The Morgan fingerprint density at radius 1 is 1.23 bits per heavy atom. The molecule has 74 valence electrons. The van der Waals surface area contributed by atoms with Gasteiger partial charge in [-0.2, -0.15) is 0 Å². The Balaban J connectivity index is 2.56. The Bertz CT molecular complexity index is 220. The van der Waals surface area contributed by atoms with E-state index in [1.807, 2.05) is 6.92 Å². The van der Waals surface area contributed by atoms with Gasteiger partial charge < -0.3 is 9.80 Å². The van der Waals surface area contributed by atoms with Crippen molar-refractivity contribution in [2.45, 2.75) is 6.92 Å². The number of carbonyl (C=O) groups excluding carboxylic acids is 2. The molecule has 1 rings (SSSR count). The van der Waals surface area contributed by atoms with Crippen LogP contribution in [0.2, 0.25) is 0 Å². The van der Waals surface area contributed by atoms with Crippen LogP contribution in [0.1, 0.15) is 6.92 Å². The predicted octanol–water partition coefficient (Wildman–Crippen LogP) is 0.0720. The number of hydrogen-bond donors (Lipinski definition) is 0. The molecule has 5 heteroatoms. The van der Waals surface area contributed by atoms with Crippen molar-refractivity contribution in [1.82, 2.24) is 9.80 Å². The highest BCUT2D eigenvalue weighted by atomic mass is 79.9. The molecule has 1 aliphatic rings. The molecule has 0 atom stereocenters. The Kier molecular flexibility index (Phi) is 3.71. The highest BCUT2D eigenvalue weighted by molar-refractivity contribution is 9.09. The molecule has 4 nitrogen and oxygen atoms in total. The minimum atomic E-state index is 0.0425. The molecular weight excluding hydrogens is 236 g/mol. The summed E-state index contributed by atoms with van der Waals surface area (Å²) in [6.07, 6.45) is 0.